The molecule has 3 nitrogen and oxygen atoms in total. The molecule has 0 aliphatic heterocycles. The molecule has 1 heterocycles. The lowest BCUT2D eigenvalue weighted by Gasteiger charge is -2.20. The van der Waals surface area contributed by atoms with Crippen LogP contribution in [0.1, 0.15) is 36.7 Å². The third-order valence-electron chi connectivity index (χ3n) is 3.64. The summed E-state index contributed by atoms with van der Waals surface area (Å²) < 4.78 is 12.4. The van der Waals surface area contributed by atoms with E-state index in [1.807, 2.05) is 51.1 Å². The van der Waals surface area contributed by atoms with E-state index in [0.717, 1.165) is 26.3 Å². The van der Waals surface area contributed by atoms with Crippen molar-refractivity contribution in [3.8, 4) is 11.3 Å². The first-order valence-corrected chi connectivity index (χ1v) is 9.81. The van der Waals surface area contributed by atoms with E-state index in [9.17, 15) is 4.79 Å². The summed E-state index contributed by atoms with van der Waals surface area (Å²) in [6, 6.07) is 13.3. The Morgan fingerprint density at radius 2 is 1.88 bits per heavy atom. The van der Waals surface area contributed by atoms with Crippen LogP contribution in [0.25, 0.3) is 22.3 Å². The van der Waals surface area contributed by atoms with Gasteiger partial charge in [0.25, 0.3) is 0 Å². The van der Waals surface area contributed by atoms with E-state index in [4.69, 9.17) is 9.15 Å². The fourth-order valence-electron chi connectivity index (χ4n) is 2.56. The van der Waals surface area contributed by atoms with Crippen LogP contribution in [0.15, 0.2) is 51.4 Å². The van der Waals surface area contributed by atoms with Gasteiger partial charge in [-0.3, -0.25) is 0 Å². The topological polar surface area (TPSA) is 39.4 Å². The molecule has 0 N–H and O–H groups in total. The molecule has 0 bridgehead atoms. The summed E-state index contributed by atoms with van der Waals surface area (Å²) >= 11 is 7.11. The standard InChI is InChI=1S/C20H18Br2O3/c1-20(2,3)25-19(23)14-7-5-4-6-13(14)18-17(22)15-10-12(11-21)8-9-16(15)24-18/h4-10H,11H2,1-3H3. The van der Waals surface area contributed by atoms with Crippen LogP contribution >= 0.6 is 31.9 Å². The Balaban J connectivity index is 2.13. The van der Waals surface area contributed by atoms with E-state index in [-0.39, 0.29) is 5.97 Å². The normalized spacial score (nSPS) is 11.7. The molecule has 0 aliphatic rings. The zero-order valence-corrected chi connectivity index (χ0v) is 17.4. The second-order valence-corrected chi connectivity index (χ2v) is 8.11. The third kappa shape index (κ3) is 3.82. The molecule has 0 fully saturated rings. The molecule has 0 amide bonds. The van der Waals surface area contributed by atoms with Crippen LogP contribution in [0, 0.1) is 0 Å². The predicted molar refractivity (Wildman–Crippen MR) is 107 cm³/mol. The Hall–Kier alpha value is -1.59. The molecule has 3 rings (SSSR count). The highest BCUT2D eigenvalue weighted by molar-refractivity contribution is 9.10. The summed E-state index contributed by atoms with van der Waals surface area (Å²) in [5.74, 6) is 0.264. The lowest BCUT2D eigenvalue weighted by Crippen LogP contribution is -2.24. The maximum atomic E-state index is 12.6. The average Bonchev–Trinajstić information content (AvgIpc) is 2.89. The number of carbonyl (C=O) groups excluding carboxylic acids is 1. The monoisotopic (exact) mass is 464 g/mol. The summed E-state index contributed by atoms with van der Waals surface area (Å²) in [7, 11) is 0. The van der Waals surface area contributed by atoms with Gasteiger partial charge in [0.1, 0.15) is 16.9 Å². The van der Waals surface area contributed by atoms with Crippen molar-refractivity contribution >= 4 is 48.8 Å². The number of alkyl halides is 1. The van der Waals surface area contributed by atoms with Gasteiger partial charge in [0.2, 0.25) is 0 Å². The fraction of sp³-hybridized carbons (Fsp3) is 0.250. The van der Waals surface area contributed by atoms with Crippen molar-refractivity contribution in [2.45, 2.75) is 31.7 Å². The van der Waals surface area contributed by atoms with Crippen LogP contribution < -0.4 is 0 Å². The quantitative estimate of drug-likeness (QED) is 0.318. The van der Waals surface area contributed by atoms with Crippen molar-refractivity contribution in [3.63, 3.8) is 0 Å². The van der Waals surface area contributed by atoms with Gasteiger partial charge in [-0.2, -0.15) is 0 Å². The van der Waals surface area contributed by atoms with Crippen LogP contribution in [0.5, 0.6) is 0 Å². The van der Waals surface area contributed by atoms with Gasteiger partial charge in [0.05, 0.1) is 10.0 Å². The minimum absolute atomic E-state index is 0.364. The van der Waals surface area contributed by atoms with Crippen LogP contribution in [0.3, 0.4) is 0 Å². The molecule has 0 saturated heterocycles. The molecule has 2 aromatic carbocycles. The van der Waals surface area contributed by atoms with E-state index >= 15 is 0 Å². The summed E-state index contributed by atoms with van der Waals surface area (Å²) in [6.45, 7) is 5.56. The first kappa shape index (κ1) is 18.2. The molecule has 0 saturated carbocycles. The van der Waals surface area contributed by atoms with Crippen molar-refractivity contribution < 1.29 is 13.9 Å². The highest BCUT2D eigenvalue weighted by atomic mass is 79.9. The maximum Gasteiger partial charge on any atom is 0.339 e. The number of furan rings is 1. The van der Waals surface area contributed by atoms with Gasteiger partial charge in [0.15, 0.2) is 0 Å². The van der Waals surface area contributed by atoms with Gasteiger partial charge in [-0.05, 0) is 60.5 Å². The largest absolute Gasteiger partial charge is 0.456 e. The molecule has 0 aliphatic carbocycles. The number of hydrogen-bond donors (Lipinski definition) is 0. The Morgan fingerprint density at radius 3 is 2.56 bits per heavy atom. The fourth-order valence-corrected chi connectivity index (χ4v) is 3.52. The zero-order chi connectivity index (χ0) is 18.2. The Morgan fingerprint density at radius 1 is 1.16 bits per heavy atom. The third-order valence-corrected chi connectivity index (χ3v) is 5.07. The number of benzene rings is 2. The SMILES string of the molecule is CC(C)(C)OC(=O)c1ccccc1-c1oc2ccc(CBr)cc2c1Br. The van der Waals surface area contributed by atoms with Crippen molar-refractivity contribution in [1.82, 2.24) is 0 Å². The van der Waals surface area contributed by atoms with Crippen LogP contribution in [0.4, 0.5) is 0 Å². The van der Waals surface area contributed by atoms with E-state index in [1.54, 1.807) is 6.07 Å². The van der Waals surface area contributed by atoms with Gasteiger partial charge in [-0.25, -0.2) is 4.79 Å². The molecular formula is C20H18Br2O3. The van der Waals surface area contributed by atoms with Crippen molar-refractivity contribution in [2.75, 3.05) is 0 Å². The van der Waals surface area contributed by atoms with E-state index in [2.05, 4.69) is 37.9 Å². The highest BCUT2D eigenvalue weighted by Crippen LogP contribution is 2.39. The summed E-state index contributed by atoms with van der Waals surface area (Å²) in [6.07, 6.45) is 0. The minimum atomic E-state index is -0.555. The number of carbonyl (C=O) groups is 1. The van der Waals surface area contributed by atoms with Crippen LogP contribution in [0.2, 0.25) is 0 Å². The molecule has 0 spiro atoms. The van der Waals surface area contributed by atoms with Crippen molar-refractivity contribution in [1.29, 1.82) is 0 Å². The molecule has 0 atom stereocenters. The maximum absolute atomic E-state index is 12.6. The van der Waals surface area contributed by atoms with E-state index in [0.29, 0.717) is 16.9 Å². The number of rotatable bonds is 3. The van der Waals surface area contributed by atoms with Gasteiger partial charge < -0.3 is 9.15 Å². The first-order valence-electron chi connectivity index (χ1n) is 7.90. The lowest BCUT2D eigenvalue weighted by molar-refractivity contribution is 0.00702. The Labute approximate surface area is 163 Å². The highest BCUT2D eigenvalue weighted by Gasteiger charge is 2.24. The van der Waals surface area contributed by atoms with Crippen LogP contribution in [-0.4, -0.2) is 11.6 Å². The predicted octanol–water partition coefficient (Wildman–Crippen LogP) is 6.71. The van der Waals surface area contributed by atoms with Gasteiger partial charge in [-0.1, -0.05) is 40.2 Å². The first-order chi connectivity index (χ1) is 11.8. The number of hydrogen-bond acceptors (Lipinski definition) is 3. The number of fused-ring (bicyclic) bond motifs is 1. The smallest absolute Gasteiger partial charge is 0.339 e. The van der Waals surface area contributed by atoms with Gasteiger partial charge in [0, 0.05) is 16.3 Å². The lowest BCUT2D eigenvalue weighted by atomic mass is 10.0. The molecule has 5 heteroatoms. The number of esters is 1. The number of ether oxygens (including phenoxy) is 1. The van der Waals surface area contributed by atoms with Gasteiger partial charge >= 0.3 is 5.97 Å². The Bertz CT molecular complexity index is 936. The summed E-state index contributed by atoms with van der Waals surface area (Å²) in [5, 5.41) is 1.75. The molecular weight excluding hydrogens is 448 g/mol. The van der Waals surface area contributed by atoms with Crippen LogP contribution in [-0.2, 0) is 10.1 Å². The second-order valence-electron chi connectivity index (χ2n) is 6.76. The zero-order valence-electron chi connectivity index (χ0n) is 14.2. The van der Waals surface area contributed by atoms with E-state index < -0.39 is 5.60 Å². The molecule has 0 radical (unpaired) electrons. The molecule has 0 unspecified atom stereocenters. The van der Waals surface area contributed by atoms with E-state index in [1.165, 1.54) is 0 Å². The van der Waals surface area contributed by atoms with Crippen molar-refractivity contribution in [3.05, 3.63) is 58.1 Å². The summed E-state index contributed by atoms with van der Waals surface area (Å²) in [5.41, 5.74) is 2.56. The molecule has 3 aromatic rings. The Kier molecular flexibility index (Phi) is 5.07. The average molecular weight is 466 g/mol. The molecule has 130 valence electrons. The van der Waals surface area contributed by atoms with Gasteiger partial charge in [-0.15, -0.1) is 0 Å². The van der Waals surface area contributed by atoms with Crippen molar-refractivity contribution in [2.24, 2.45) is 0 Å². The molecule has 1 aromatic heterocycles. The number of halogens is 2. The second kappa shape index (κ2) is 6.96. The molecule has 25 heavy (non-hydrogen) atoms. The minimum Gasteiger partial charge on any atom is -0.456 e. The summed E-state index contributed by atoms with van der Waals surface area (Å²) in [4.78, 5) is 12.6.